The number of hydrogen-bond donors (Lipinski definition) is 0. The fourth-order valence-electron chi connectivity index (χ4n) is 3.22. The number of rotatable bonds is 15. The van der Waals surface area contributed by atoms with Crippen molar-refractivity contribution in [1.82, 2.24) is 0 Å². The first kappa shape index (κ1) is 26.0. The summed E-state index contributed by atoms with van der Waals surface area (Å²) in [4.78, 5) is 0. The quantitative estimate of drug-likeness (QED) is 0.154. The number of benzene rings is 1. The van der Waals surface area contributed by atoms with E-state index in [2.05, 4.69) is 52.3 Å². The summed E-state index contributed by atoms with van der Waals surface area (Å²) in [7, 11) is 6.69. The van der Waals surface area contributed by atoms with Crippen molar-refractivity contribution in [2.75, 3.05) is 26.9 Å². The predicted octanol–water partition coefficient (Wildman–Crippen LogP) is 8.07. The van der Waals surface area contributed by atoms with Gasteiger partial charge >= 0.3 is 0 Å². The van der Waals surface area contributed by atoms with Crippen LogP contribution in [-0.4, -0.2) is 34.9 Å². The monoisotopic (exact) mass is 440 g/mol. The van der Waals surface area contributed by atoms with Crippen LogP contribution in [0.25, 0.3) is 0 Å². The Hall–Kier alpha value is -0.0300. The molecule has 0 heterocycles. The first-order chi connectivity index (χ1) is 13.4. The van der Waals surface area contributed by atoms with Crippen molar-refractivity contribution in [3.8, 4) is 0 Å². The van der Waals surface area contributed by atoms with Gasteiger partial charge in [0.15, 0.2) is 0 Å². The molecule has 1 rings (SSSR count). The molecule has 28 heavy (non-hydrogen) atoms. The molecule has 0 saturated heterocycles. The van der Waals surface area contributed by atoms with Gasteiger partial charge in [0.05, 0.1) is 21.1 Å². The van der Waals surface area contributed by atoms with E-state index in [9.17, 15) is 0 Å². The Morgan fingerprint density at radius 3 is 1.79 bits per heavy atom. The van der Waals surface area contributed by atoms with Gasteiger partial charge in [-0.1, -0.05) is 101 Å². The lowest BCUT2D eigenvalue weighted by atomic mass is 10.1. The molecule has 4 heteroatoms. The molecule has 0 aliphatic heterocycles. The third kappa shape index (κ3) is 14.9. The SMILES string of the molecule is CCCCCCCCCCCCSC(=S)SCc1ccc(C[N+](C)(C)C)cc1. The third-order valence-corrected chi connectivity index (χ3v) is 7.61. The van der Waals surface area contributed by atoms with Crippen LogP contribution in [0.3, 0.4) is 0 Å². The Labute approximate surface area is 189 Å². The van der Waals surface area contributed by atoms with E-state index in [1.54, 1.807) is 0 Å². The van der Waals surface area contributed by atoms with E-state index in [-0.39, 0.29) is 0 Å². The van der Waals surface area contributed by atoms with Gasteiger partial charge in [-0.15, -0.1) is 23.5 Å². The van der Waals surface area contributed by atoms with E-state index in [4.69, 9.17) is 12.2 Å². The van der Waals surface area contributed by atoms with Crippen LogP contribution >= 0.6 is 35.7 Å². The molecular weight excluding hydrogens is 398 g/mol. The van der Waals surface area contributed by atoms with Gasteiger partial charge in [0, 0.05) is 11.3 Å². The fourth-order valence-corrected chi connectivity index (χ4v) is 5.40. The molecule has 0 aliphatic carbocycles. The highest BCUT2D eigenvalue weighted by molar-refractivity contribution is 8.46. The van der Waals surface area contributed by atoms with Crippen molar-refractivity contribution >= 4 is 39.3 Å². The molecule has 1 aromatic rings. The van der Waals surface area contributed by atoms with Crippen molar-refractivity contribution in [2.24, 2.45) is 0 Å². The zero-order valence-electron chi connectivity index (χ0n) is 18.7. The number of nitrogens with zero attached hydrogens (tertiary/aromatic N) is 1. The van der Waals surface area contributed by atoms with Crippen LogP contribution < -0.4 is 0 Å². The van der Waals surface area contributed by atoms with Gasteiger partial charge in [0.1, 0.15) is 10.1 Å². The van der Waals surface area contributed by atoms with Gasteiger partial charge in [-0.2, -0.15) is 0 Å². The van der Waals surface area contributed by atoms with Crippen molar-refractivity contribution in [2.45, 2.75) is 83.4 Å². The van der Waals surface area contributed by atoms with Gasteiger partial charge in [0.25, 0.3) is 0 Å². The van der Waals surface area contributed by atoms with Crippen LogP contribution in [0.2, 0.25) is 0 Å². The molecule has 0 amide bonds. The molecule has 160 valence electrons. The van der Waals surface area contributed by atoms with Gasteiger partial charge in [-0.3, -0.25) is 0 Å². The lowest BCUT2D eigenvalue weighted by molar-refractivity contribution is -0.884. The summed E-state index contributed by atoms with van der Waals surface area (Å²) in [5.41, 5.74) is 2.77. The van der Waals surface area contributed by atoms with E-state index >= 15 is 0 Å². The molecule has 0 aliphatic rings. The van der Waals surface area contributed by atoms with Crippen LogP contribution in [-0.2, 0) is 12.3 Å². The number of thioether (sulfide) groups is 2. The highest BCUT2D eigenvalue weighted by Gasteiger charge is 2.08. The maximum atomic E-state index is 5.54. The summed E-state index contributed by atoms with van der Waals surface area (Å²) in [5, 5.41) is 0. The molecule has 0 fully saturated rings. The van der Waals surface area contributed by atoms with Crippen molar-refractivity contribution in [1.29, 1.82) is 0 Å². The number of quaternary nitrogens is 1. The van der Waals surface area contributed by atoms with E-state index in [1.807, 2.05) is 23.5 Å². The third-order valence-electron chi connectivity index (χ3n) is 4.75. The van der Waals surface area contributed by atoms with Crippen LogP contribution in [0.5, 0.6) is 0 Å². The number of thiocarbonyl (C=S) groups is 1. The number of unbranched alkanes of at least 4 members (excludes halogenated alkanes) is 9. The average molecular weight is 441 g/mol. The Kier molecular flexibility index (Phi) is 14.6. The molecule has 1 aromatic carbocycles. The molecule has 0 radical (unpaired) electrons. The normalized spacial score (nSPS) is 11.7. The summed E-state index contributed by atoms with van der Waals surface area (Å²) in [6.07, 6.45) is 14.0. The van der Waals surface area contributed by atoms with Gasteiger partial charge in [-0.05, 0) is 17.7 Å². The first-order valence-electron chi connectivity index (χ1n) is 11.1. The van der Waals surface area contributed by atoms with Crippen LogP contribution in [0.1, 0.15) is 82.3 Å². The summed E-state index contributed by atoms with van der Waals surface area (Å²) >= 11 is 9.24. The van der Waals surface area contributed by atoms with E-state index < -0.39 is 0 Å². The minimum atomic E-state index is 0.966. The maximum absolute atomic E-state index is 5.54. The smallest absolute Gasteiger partial charge is 0.104 e. The largest absolute Gasteiger partial charge is 0.327 e. The lowest BCUT2D eigenvalue weighted by Crippen LogP contribution is -2.33. The molecular formula is C24H42NS3+. The highest BCUT2D eigenvalue weighted by Crippen LogP contribution is 2.23. The standard InChI is InChI=1S/C24H42NS3/c1-5-6-7-8-9-10-11-12-13-14-19-27-24(26)28-21-23-17-15-22(16-18-23)20-25(2,3)4/h15-18H,5-14,19-21H2,1-4H3/q+1. The zero-order valence-corrected chi connectivity index (χ0v) is 21.1. The van der Waals surface area contributed by atoms with Crippen LogP contribution in [0.4, 0.5) is 0 Å². The van der Waals surface area contributed by atoms with Crippen molar-refractivity contribution in [3.05, 3.63) is 35.4 Å². The average Bonchev–Trinajstić information content (AvgIpc) is 2.64. The molecule has 0 unspecified atom stereocenters. The minimum absolute atomic E-state index is 0.966. The molecule has 0 N–H and O–H groups in total. The van der Waals surface area contributed by atoms with Crippen molar-refractivity contribution < 1.29 is 4.48 Å². The summed E-state index contributed by atoms with van der Waals surface area (Å²) in [5.74, 6) is 2.18. The van der Waals surface area contributed by atoms with E-state index in [0.717, 1.165) is 20.3 Å². The Morgan fingerprint density at radius 1 is 0.750 bits per heavy atom. The molecule has 0 aromatic heterocycles. The summed E-state index contributed by atoms with van der Waals surface area (Å²) < 4.78 is 2.07. The number of hydrogen-bond acceptors (Lipinski definition) is 3. The second-order valence-corrected chi connectivity index (χ2v) is 12.1. The van der Waals surface area contributed by atoms with Crippen LogP contribution in [0, 0.1) is 0 Å². The predicted molar refractivity (Wildman–Crippen MR) is 136 cm³/mol. The van der Waals surface area contributed by atoms with Gasteiger partial charge < -0.3 is 4.48 Å². The first-order valence-corrected chi connectivity index (χ1v) is 13.5. The molecule has 0 atom stereocenters. The lowest BCUT2D eigenvalue weighted by Gasteiger charge is -2.23. The van der Waals surface area contributed by atoms with Crippen LogP contribution in [0.15, 0.2) is 24.3 Å². The second kappa shape index (κ2) is 15.8. The Bertz CT molecular complexity index is 520. The highest BCUT2D eigenvalue weighted by atomic mass is 32.2. The topological polar surface area (TPSA) is 0 Å². The zero-order chi connectivity index (χ0) is 20.7. The van der Waals surface area contributed by atoms with E-state index in [1.165, 1.54) is 81.1 Å². The van der Waals surface area contributed by atoms with Gasteiger partial charge in [0.2, 0.25) is 0 Å². The Balaban J connectivity index is 2.01. The van der Waals surface area contributed by atoms with Crippen molar-refractivity contribution in [3.63, 3.8) is 0 Å². The molecule has 0 bridgehead atoms. The van der Waals surface area contributed by atoms with Gasteiger partial charge in [-0.25, -0.2) is 0 Å². The molecule has 1 nitrogen and oxygen atoms in total. The maximum Gasteiger partial charge on any atom is 0.104 e. The summed E-state index contributed by atoms with van der Waals surface area (Å²) in [6.45, 7) is 3.35. The Morgan fingerprint density at radius 2 is 1.25 bits per heavy atom. The fraction of sp³-hybridized carbons (Fsp3) is 0.708. The summed E-state index contributed by atoms with van der Waals surface area (Å²) in [6, 6.07) is 9.04. The molecule has 0 saturated carbocycles. The van der Waals surface area contributed by atoms with E-state index in [0.29, 0.717) is 0 Å². The second-order valence-electron chi connectivity index (χ2n) is 8.83. The minimum Gasteiger partial charge on any atom is -0.327 e. The molecule has 0 spiro atoms.